The van der Waals surface area contributed by atoms with Gasteiger partial charge in [0.1, 0.15) is 5.82 Å². The number of nitrogens with zero attached hydrogens (tertiary/aromatic N) is 3. The second-order valence-corrected chi connectivity index (χ2v) is 9.22. The zero-order valence-corrected chi connectivity index (χ0v) is 18.9. The molecular formula is C24H30N6O2. The van der Waals surface area contributed by atoms with Crippen molar-refractivity contribution in [2.75, 3.05) is 11.9 Å². The Morgan fingerprint density at radius 1 is 1.16 bits per heavy atom. The third-order valence-corrected chi connectivity index (χ3v) is 5.64. The zero-order chi connectivity index (χ0) is 22.7. The maximum absolute atomic E-state index is 12.6. The molecule has 1 aromatic carbocycles. The van der Waals surface area contributed by atoms with Gasteiger partial charge >= 0.3 is 6.03 Å². The van der Waals surface area contributed by atoms with Gasteiger partial charge in [0.05, 0.1) is 11.4 Å². The maximum atomic E-state index is 12.6. The molecule has 4 rings (SSSR count). The van der Waals surface area contributed by atoms with E-state index in [9.17, 15) is 9.59 Å². The van der Waals surface area contributed by atoms with Crippen LogP contribution < -0.4 is 16.2 Å². The van der Waals surface area contributed by atoms with Crippen molar-refractivity contribution in [1.82, 2.24) is 25.1 Å². The molecule has 2 amide bonds. The van der Waals surface area contributed by atoms with Gasteiger partial charge < -0.3 is 5.32 Å². The molecule has 3 aromatic rings. The van der Waals surface area contributed by atoms with Crippen LogP contribution in [0.4, 0.5) is 10.6 Å². The molecule has 8 nitrogen and oxygen atoms in total. The van der Waals surface area contributed by atoms with Crippen LogP contribution in [0.1, 0.15) is 56.1 Å². The number of urea groups is 1. The number of benzene rings is 1. The smallest absolute Gasteiger partial charge is 0.320 e. The van der Waals surface area contributed by atoms with Crippen molar-refractivity contribution in [3.8, 4) is 5.95 Å². The van der Waals surface area contributed by atoms with E-state index in [4.69, 9.17) is 0 Å². The minimum absolute atomic E-state index is 0.129. The van der Waals surface area contributed by atoms with E-state index in [0.29, 0.717) is 18.3 Å². The quantitative estimate of drug-likeness (QED) is 0.572. The zero-order valence-electron chi connectivity index (χ0n) is 18.9. The Labute approximate surface area is 187 Å². The maximum Gasteiger partial charge on any atom is 0.320 e. The number of anilines is 1. The normalized spacial score (nSPS) is 13.5. The van der Waals surface area contributed by atoms with E-state index in [1.807, 2.05) is 57.2 Å². The lowest BCUT2D eigenvalue weighted by Gasteiger charge is -2.16. The van der Waals surface area contributed by atoms with Crippen molar-refractivity contribution >= 4 is 11.8 Å². The van der Waals surface area contributed by atoms with E-state index in [2.05, 4.69) is 25.7 Å². The molecule has 0 atom stereocenters. The van der Waals surface area contributed by atoms with E-state index in [-0.39, 0.29) is 17.0 Å². The lowest BCUT2D eigenvalue weighted by Crippen LogP contribution is -2.31. The topological polar surface area (TPSA) is 105 Å². The van der Waals surface area contributed by atoms with Gasteiger partial charge in [0.25, 0.3) is 5.56 Å². The predicted molar refractivity (Wildman–Crippen MR) is 124 cm³/mol. The van der Waals surface area contributed by atoms with Gasteiger partial charge in [-0.1, -0.05) is 51.1 Å². The molecule has 0 saturated heterocycles. The number of amides is 2. The number of hydrogen-bond donors (Lipinski definition) is 3. The highest BCUT2D eigenvalue weighted by atomic mass is 16.2. The predicted octanol–water partition coefficient (Wildman–Crippen LogP) is 3.50. The highest BCUT2D eigenvalue weighted by molar-refractivity contribution is 5.88. The van der Waals surface area contributed by atoms with E-state index < -0.39 is 0 Å². The van der Waals surface area contributed by atoms with Crippen LogP contribution in [-0.2, 0) is 24.7 Å². The van der Waals surface area contributed by atoms with Gasteiger partial charge in [-0.15, -0.1) is 0 Å². The molecule has 1 aliphatic rings. The molecule has 3 N–H and O–H groups in total. The van der Waals surface area contributed by atoms with Gasteiger partial charge in [-0.25, -0.2) is 9.78 Å². The van der Waals surface area contributed by atoms with Crippen molar-refractivity contribution in [2.24, 2.45) is 0 Å². The van der Waals surface area contributed by atoms with Gasteiger partial charge in [0, 0.05) is 23.6 Å². The van der Waals surface area contributed by atoms with Crippen molar-refractivity contribution in [3.63, 3.8) is 0 Å². The monoisotopic (exact) mass is 434 g/mol. The standard InChI is InChI=1S/C24H30N6O2/c1-24(2,3)19-15-20(27-23(32)25-14-13-16-9-5-4-6-10-16)30(29-19)22-26-18-12-8-7-11-17(18)21(31)28-22/h4-6,9-10,15H,7-8,11-14H2,1-3H3,(H2,25,27,32)(H,26,28,31). The van der Waals surface area contributed by atoms with E-state index >= 15 is 0 Å². The fourth-order valence-corrected chi connectivity index (χ4v) is 3.81. The minimum Gasteiger partial charge on any atom is -0.337 e. The summed E-state index contributed by atoms with van der Waals surface area (Å²) >= 11 is 0. The summed E-state index contributed by atoms with van der Waals surface area (Å²) in [6.07, 6.45) is 4.29. The molecule has 1 aliphatic carbocycles. The molecule has 0 unspecified atom stereocenters. The van der Waals surface area contributed by atoms with Gasteiger partial charge in [-0.2, -0.15) is 9.78 Å². The van der Waals surface area contributed by atoms with Crippen molar-refractivity contribution < 1.29 is 4.79 Å². The average molecular weight is 435 g/mol. The van der Waals surface area contributed by atoms with Gasteiger partial charge in [0.2, 0.25) is 5.95 Å². The number of nitrogens with one attached hydrogen (secondary N) is 3. The van der Waals surface area contributed by atoms with E-state index in [1.165, 1.54) is 4.68 Å². The number of carbonyl (C=O) groups excluding carboxylic acids is 1. The van der Waals surface area contributed by atoms with Crippen LogP contribution in [0.25, 0.3) is 5.95 Å². The Morgan fingerprint density at radius 2 is 1.91 bits per heavy atom. The van der Waals surface area contributed by atoms with Crippen LogP contribution in [0.2, 0.25) is 0 Å². The van der Waals surface area contributed by atoms with Crippen molar-refractivity contribution in [3.05, 3.63) is 69.3 Å². The first-order valence-corrected chi connectivity index (χ1v) is 11.1. The summed E-state index contributed by atoms with van der Waals surface area (Å²) in [5.74, 6) is 0.789. The summed E-state index contributed by atoms with van der Waals surface area (Å²) in [6, 6.07) is 11.5. The third kappa shape index (κ3) is 4.90. The Morgan fingerprint density at radius 3 is 2.66 bits per heavy atom. The average Bonchev–Trinajstić information content (AvgIpc) is 3.19. The molecule has 32 heavy (non-hydrogen) atoms. The fourth-order valence-electron chi connectivity index (χ4n) is 3.81. The number of carbonyl (C=O) groups is 1. The first kappa shape index (κ1) is 21.8. The summed E-state index contributed by atoms with van der Waals surface area (Å²) in [6.45, 7) is 6.65. The fraction of sp³-hybridized carbons (Fsp3) is 0.417. The van der Waals surface area contributed by atoms with Crippen LogP contribution in [0.15, 0.2) is 41.2 Å². The Balaban J connectivity index is 1.57. The Kier molecular flexibility index (Phi) is 6.12. The largest absolute Gasteiger partial charge is 0.337 e. The third-order valence-electron chi connectivity index (χ3n) is 5.64. The molecule has 0 bridgehead atoms. The lowest BCUT2D eigenvalue weighted by molar-refractivity contribution is 0.252. The number of H-pyrrole nitrogens is 1. The molecule has 0 saturated carbocycles. The molecule has 0 aliphatic heterocycles. The molecule has 2 aromatic heterocycles. The molecule has 0 spiro atoms. The Bertz CT molecular complexity index is 1160. The van der Waals surface area contributed by atoms with Gasteiger partial charge in [0.15, 0.2) is 0 Å². The summed E-state index contributed by atoms with van der Waals surface area (Å²) in [5.41, 5.74) is 3.16. The number of hydrogen-bond acceptors (Lipinski definition) is 4. The molecule has 8 heteroatoms. The summed E-state index contributed by atoms with van der Waals surface area (Å²) in [5, 5.41) is 10.4. The SMILES string of the molecule is CC(C)(C)c1cc(NC(=O)NCCc2ccccc2)n(-c2nc3c(c(=O)[nH]2)CCCC3)n1. The first-order chi connectivity index (χ1) is 15.3. The minimum atomic E-state index is -0.331. The van der Waals surface area contributed by atoms with Crippen LogP contribution in [0.3, 0.4) is 0 Å². The molecule has 0 fully saturated rings. The highest BCUT2D eigenvalue weighted by Crippen LogP contribution is 2.26. The Hall–Kier alpha value is -3.42. The van der Waals surface area contributed by atoms with Crippen molar-refractivity contribution in [1.29, 1.82) is 0 Å². The van der Waals surface area contributed by atoms with Crippen molar-refractivity contribution in [2.45, 2.75) is 58.3 Å². The van der Waals surface area contributed by atoms with Crippen LogP contribution in [0.5, 0.6) is 0 Å². The number of aryl methyl sites for hydroxylation is 1. The highest BCUT2D eigenvalue weighted by Gasteiger charge is 2.24. The number of aromatic amines is 1. The van der Waals surface area contributed by atoms with Crippen LogP contribution in [0, 0.1) is 0 Å². The summed E-state index contributed by atoms with van der Waals surface area (Å²) < 4.78 is 1.52. The van der Waals surface area contributed by atoms with E-state index in [0.717, 1.165) is 54.6 Å². The number of aromatic nitrogens is 4. The first-order valence-electron chi connectivity index (χ1n) is 11.1. The molecular weight excluding hydrogens is 404 g/mol. The number of rotatable bonds is 5. The lowest BCUT2D eigenvalue weighted by atomic mass is 9.92. The summed E-state index contributed by atoms with van der Waals surface area (Å²) in [7, 11) is 0. The van der Waals surface area contributed by atoms with Gasteiger partial charge in [-0.3, -0.25) is 15.1 Å². The molecule has 0 radical (unpaired) electrons. The number of fused-ring (bicyclic) bond motifs is 1. The van der Waals surface area contributed by atoms with E-state index in [1.54, 1.807) is 0 Å². The van der Waals surface area contributed by atoms with Crippen LogP contribution >= 0.6 is 0 Å². The van der Waals surface area contributed by atoms with Gasteiger partial charge in [-0.05, 0) is 37.7 Å². The second-order valence-electron chi connectivity index (χ2n) is 9.22. The second kappa shape index (κ2) is 8.98. The van der Waals surface area contributed by atoms with Crippen LogP contribution in [-0.4, -0.2) is 32.3 Å². The summed E-state index contributed by atoms with van der Waals surface area (Å²) in [4.78, 5) is 32.8. The molecule has 2 heterocycles. The molecule has 168 valence electrons.